The summed E-state index contributed by atoms with van der Waals surface area (Å²) in [6, 6.07) is 1.68. The minimum Gasteiger partial charge on any atom is -0.311 e. The summed E-state index contributed by atoms with van der Waals surface area (Å²) in [5.41, 5.74) is 0. The zero-order valence-corrected chi connectivity index (χ0v) is 4.28. The molecule has 1 saturated carbocycles. The lowest BCUT2D eigenvalue weighted by Crippen LogP contribution is -2.39. The third-order valence-electron chi connectivity index (χ3n) is 1.73. The standard InChI is InChI=1S/C5H10N2/c1-2-7-5-3-4(5)6-1/h4-7H,1-3H2. The van der Waals surface area contributed by atoms with Crippen molar-refractivity contribution in [2.24, 2.45) is 0 Å². The second kappa shape index (κ2) is 1.20. The Bertz CT molecular complexity index is 72.1. The molecule has 2 aliphatic rings. The van der Waals surface area contributed by atoms with E-state index in [9.17, 15) is 0 Å². The fraction of sp³-hybridized carbons (Fsp3) is 1.00. The highest BCUT2D eigenvalue weighted by atomic mass is 15.1. The summed E-state index contributed by atoms with van der Waals surface area (Å²) in [6.45, 7) is 2.34. The minimum atomic E-state index is 0.841. The monoisotopic (exact) mass is 98.1 g/mol. The molecular formula is C5H10N2. The maximum absolute atomic E-state index is 3.39. The molecule has 40 valence electrons. The van der Waals surface area contributed by atoms with Crippen molar-refractivity contribution in [1.29, 1.82) is 0 Å². The molecule has 0 spiro atoms. The van der Waals surface area contributed by atoms with Crippen LogP contribution in [0.5, 0.6) is 0 Å². The van der Waals surface area contributed by atoms with Crippen molar-refractivity contribution in [1.82, 2.24) is 10.6 Å². The van der Waals surface area contributed by atoms with E-state index in [1.165, 1.54) is 19.5 Å². The molecule has 2 N–H and O–H groups in total. The zero-order valence-electron chi connectivity index (χ0n) is 4.28. The van der Waals surface area contributed by atoms with Gasteiger partial charge in [0.25, 0.3) is 0 Å². The molecule has 0 aromatic rings. The summed E-state index contributed by atoms with van der Waals surface area (Å²) >= 11 is 0. The molecule has 2 unspecified atom stereocenters. The quantitative estimate of drug-likeness (QED) is 0.419. The van der Waals surface area contributed by atoms with Crippen molar-refractivity contribution < 1.29 is 0 Å². The second-order valence-corrected chi connectivity index (χ2v) is 2.36. The van der Waals surface area contributed by atoms with E-state index < -0.39 is 0 Å². The summed E-state index contributed by atoms with van der Waals surface area (Å²) in [5, 5.41) is 6.79. The van der Waals surface area contributed by atoms with E-state index in [-0.39, 0.29) is 0 Å². The van der Waals surface area contributed by atoms with Crippen LogP contribution in [0.3, 0.4) is 0 Å². The van der Waals surface area contributed by atoms with Gasteiger partial charge < -0.3 is 10.6 Å². The number of piperazine rings is 1. The van der Waals surface area contributed by atoms with Gasteiger partial charge in [0.15, 0.2) is 0 Å². The summed E-state index contributed by atoms with van der Waals surface area (Å²) in [7, 11) is 0. The van der Waals surface area contributed by atoms with E-state index in [2.05, 4.69) is 10.6 Å². The SMILES string of the molecule is C1CNC2CC2N1. The van der Waals surface area contributed by atoms with E-state index in [1.807, 2.05) is 0 Å². The van der Waals surface area contributed by atoms with Gasteiger partial charge in [-0.3, -0.25) is 0 Å². The highest BCUT2D eigenvalue weighted by molar-refractivity contribution is 5.02. The summed E-state index contributed by atoms with van der Waals surface area (Å²) in [5.74, 6) is 0. The normalized spacial score (nSPS) is 48.0. The first-order valence-electron chi connectivity index (χ1n) is 2.93. The zero-order chi connectivity index (χ0) is 4.69. The lowest BCUT2D eigenvalue weighted by atomic mass is 10.4. The molecule has 0 aromatic carbocycles. The second-order valence-electron chi connectivity index (χ2n) is 2.36. The predicted octanol–water partition coefficient (Wildman–Crippen LogP) is -0.680. The lowest BCUT2D eigenvalue weighted by molar-refractivity contribution is 0.528. The molecule has 2 rings (SSSR count). The number of nitrogens with one attached hydrogen (secondary N) is 2. The molecular weight excluding hydrogens is 88.1 g/mol. The van der Waals surface area contributed by atoms with Gasteiger partial charge >= 0.3 is 0 Å². The van der Waals surface area contributed by atoms with Crippen LogP contribution in [0.25, 0.3) is 0 Å². The van der Waals surface area contributed by atoms with Crippen LogP contribution in [-0.2, 0) is 0 Å². The molecule has 0 radical (unpaired) electrons. The third-order valence-corrected chi connectivity index (χ3v) is 1.73. The largest absolute Gasteiger partial charge is 0.311 e. The molecule has 1 aliphatic heterocycles. The Morgan fingerprint density at radius 3 is 2.00 bits per heavy atom. The molecule has 2 fully saturated rings. The predicted molar refractivity (Wildman–Crippen MR) is 28.2 cm³/mol. The van der Waals surface area contributed by atoms with E-state index in [0.29, 0.717) is 0 Å². The average molecular weight is 98.1 g/mol. The Morgan fingerprint density at radius 1 is 1.00 bits per heavy atom. The van der Waals surface area contributed by atoms with Crippen molar-refractivity contribution >= 4 is 0 Å². The molecule has 2 nitrogen and oxygen atoms in total. The van der Waals surface area contributed by atoms with Crippen LogP contribution in [0.2, 0.25) is 0 Å². The number of hydrogen-bond donors (Lipinski definition) is 2. The molecule has 0 bridgehead atoms. The Morgan fingerprint density at radius 2 is 1.57 bits per heavy atom. The van der Waals surface area contributed by atoms with Crippen molar-refractivity contribution in [3.63, 3.8) is 0 Å². The van der Waals surface area contributed by atoms with Crippen molar-refractivity contribution in [3.8, 4) is 0 Å². The van der Waals surface area contributed by atoms with Crippen molar-refractivity contribution in [2.45, 2.75) is 18.5 Å². The van der Waals surface area contributed by atoms with E-state index in [0.717, 1.165) is 12.1 Å². The van der Waals surface area contributed by atoms with Crippen LogP contribution < -0.4 is 10.6 Å². The fourth-order valence-corrected chi connectivity index (χ4v) is 1.16. The van der Waals surface area contributed by atoms with Gasteiger partial charge in [-0.25, -0.2) is 0 Å². The average Bonchev–Trinajstić information content (AvgIpc) is 2.41. The molecule has 1 heterocycles. The van der Waals surface area contributed by atoms with Crippen LogP contribution >= 0.6 is 0 Å². The highest BCUT2D eigenvalue weighted by Crippen LogP contribution is 2.22. The van der Waals surface area contributed by atoms with Gasteiger partial charge in [-0.1, -0.05) is 0 Å². The van der Waals surface area contributed by atoms with Gasteiger partial charge in [0.05, 0.1) is 0 Å². The summed E-state index contributed by atoms with van der Waals surface area (Å²) < 4.78 is 0. The van der Waals surface area contributed by atoms with Gasteiger partial charge in [0.2, 0.25) is 0 Å². The summed E-state index contributed by atoms with van der Waals surface area (Å²) in [6.07, 6.45) is 1.36. The smallest absolute Gasteiger partial charge is 0.0237 e. The van der Waals surface area contributed by atoms with Crippen LogP contribution in [0.15, 0.2) is 0 Å². The Balaban J connectivity index is 1.95. The molecule has 0 amide bonds. The first-order valence-corrected chi connectivity index (χ1v) is 2.93. The third kappa shape index (κ3) is 0.545. The van der Waals surface area contributed by atoms with Crippen LogP contribution in [0, 0.1) is 0 Å². The van der Waals surface area contributed by atoms with Crippen molar-refractivity contribution in [3.05, 3.63) is 0 Å². The van der Waals surface area contributed by atoms with Crippen LogP contribution in [-0.4, -0.2) is 25.2 Å². The van der Waals surface area contributed by atoms with Gasteiger partial charge in [0.1, 0.15) is 0 Å². The molecule has 2 heteroatoms. The first kappa shape index (κ1) is 3.87. The fourth-order valence-electron chi connectivity index (χ4n) is 1.16. The molecule has 2 atom stereocenters. The maximum Gasteiger partial charge on any atom is 0.0237 e. The van der Waals surface area contributed by atoms with Gasteiger partial charge in [0, 0.05) is 25.2 Å². The van der Waals surface area contributed by atoms with E-state index in [4.69, 9.17) is 0 Å². The molecule has 7 heavy (non-hydrogen) atoms. The highest BCUT2D eigenvalue weighted by Gasteiger charge is 2.38. The lowest BCUT2D eigenvalue weighted by Gasteiger charge is -2.10. The molecule has 1 aliphatic carbocycles. The molecule has 0 aromatic heterocycles. The van der Waals surface area contributed by atoms with Gasteiger partial charge in [-0.2, -0.15) is 0 Å². The Labute approximate surface area is 43.3 Å². The number of rotatable bonds is 0. The van der Waals surface area contributed by atoms with Crippen LogP contribution in [0.1, 0.15) is 6.42 Å². The number of fused-ring (bicyclic) bond motifs is 1. The number of hydrogen-bond acceptors (Lipinski definition) is 2. The van der Waals surface area contributed by atoms with Crippen molar-refractivity contribution in [2.75, 3.05) is 13.1 Å². The topological polar surface area (TPSA) is 24.1 Å². The maximum atomic E-state index is 3.39. The molecule has 1 saturated heterocycles. The van der Waals surface area contributed by atoms with E-state index in [1.54, 1.807) is 0 Å². The Hall–Kier alpha value is -0.0800. The Kier molecular flexibility index (Phi) is 0.664. The summed E-state index contributed by atoms with van der Waals surface area (Å²) in [4.78, 5) is 0. The van der Waals surface area contributed by atoms with Crippen LogP contribution in [0.4, 0.5) is 0 Å². The van der Waals surface area contributed by atoms with Gasteiger partial charge in [-0.15, -0.1) is 0 Å². The minimum absolute atomic E-state index is 0.841. The first-order chi connectivity index (χ1) is 3.47. The van der Waals surface area contributed by atoms with Gasteiger partial charge in [-0.05, 0) is 6.42 Å². The van der Waals surface area contributed by atoms with E-state index >= 15 is 0 Å².